The Labute approximate surface area is 202 Å². The van der Waals surface area contributed by atoms with Gasteiger partial charge in [-0.05, 0) is 30.2 Å². The Kier molecular flexibility index (Phi) is 6.86. The number of nitrogens with one attached hydrogen (secondary N) is 1. The maximum Gasteiger partial charge on any atom is 0.305 e. The van der Waals surface area contributed by atoms with Gasteiger partial charge in [0, 0.05) is 37.5 Å². The number of carboxylic acid groups (broad SMARTS) is 1. The van der Waals surface area contributed by atoms with Crippen molar-refractivity contribution in [1.82, 2.24) is 14.5 Å². The summed E-state index contributed by atoms with van der Waals surface area (Å²) in [6.07, 6.45) is 2.76. The zero-order chi connectivity index (χ0) is 24.9. The number of fused-ring (bicyclic) bond motifs is 1. The molecule has 0 spiro atoms. The summed E-state index contributed by atoms with van der Waals surface area (Å²) in [5.74, 6) is -0.433. The fourth-order valence-electron chi connectivity index (χ4n) is 3.89. The third kappa shape index (κ3) is 5.35. The molecular weight excluding hydrogens is 444 g/mol. The molecule has 0 bridgehead atoms. The molecule has 35 heavy (non-hydrogen) atoms. The lowest BCUT2D eigenvalue weighted by Crippen LogP contribution is -2.33. The van der Waals surface area contributed by atoms with Gasteiger partial charge < -0.3 is 20.3 Å². The van der Waals surface area contributed by atoms with Gasteiger partial charge in [-0.25, -0.2) is 9.97 Å². The van der Waals surface area contributed by atoms with E-state index in [1.807, 2.05) is 41.9 Å². The van der Waals surface area contributed by atoms with Crippen LogP contribution < -0.4 is 10.6 Å². The van der Waals surface area contributed by atoms with Crippen LogP contribution in [0, 0.1) is 5.41 Å². The number of aliphatic carboxylic acids is 1. The summed E-state index contributed by atoms with van der Waals surface area (Å²) in [5.41, 5.74) is 9.54. The van der Waals surface area contributed by atoms with Gasteiger partial charge in [-0.3, -0.25) is 15.0 Å². The summed E-state index contributed by atoms with van der Waals surface area (Å²) in [4.78, 5) is 35.1. The molecular formula is C26H26N6O3. The van der Waals surface area contributed by atoms with E-state index in [1.165, 1.54) is 11.1 Å². The lowest BCUT2D eigenvalue weighted by molar-refractivity contribution is -0.136. The first-order valence-electron chi connectivity index (χ1n) is 11.2. The molecule has 9 nitrogen and oxygen atoms in total. The summed E-state index contributed by atoms with van der Waals surface area (Å²) < 4.78 is 1.91. The second-order valence-corrected chi connectivity index (χ2v) is 8.20. The molecule has 2 aromatic heterocycles. The monoisotopic (exact) mass is 470 g/mol. The number of hydrogen-bond donors (Lipinski definition) is 3. The van der Waals surface area contributed by atoms with Crippen LogP contribution in [0.4, 0.5) is 5.69 Å². The molecule has 0 fully saturated rings. The number of nitrogens with zero attached hydrogens (tertiary/aromatic N) is 4. The van der Waals surface area contributed by atoms with Crippen LogP contribution in [-0.2, 0) is 24.7 Å². The number of benzene rings is 2. The first-order chi connectivity index (χ1) is 16.8. The van der Waals surface area contributed by atoms with Crippen LogP contribution in [-0.4, -0.2) is 43.9 Å². The molecule has 0 unspecified atom stereocenters. The zero-order valence-corrected chi connectivity index (χ0v) is 19.3. The number of aryl methyl sites for hydroxylation is 3. The van der Waals surface area contributed by atoms with Gasteiger partial charge >= 0.3 is 5.97 Å². The van der Waals surface area contributed by atoms with Crippen LogP contribution in [0.5, 0.6) is 0 Å². The number of anilines is 1. The van der Waals surface area contributed by atoms with Crippen molar-refractivity contribution in [2.75, 3.05) is 11.4 Å². The second kappa shape index (κ2) is 10.2. The maximum absolute atomic E-state index is 13.3. The number of nitrogen functional groups attached to an aromatic ring is 1. The molecule has 0 aliphatic heterocycles. The topological polar surface area (TPSA) is 138 Å². The number of amides is 1. The third-order valence-corrected chi connectivity index (χ3v) is 5.81. The van der Waals surface area contributed by atoms with Gasteiger partial charge in [0.25, 0.3) is 5.91 Å². The minimum Gasteiger partial charge on any atom is -0.481 e. The number of amidine groups is 1. The number of pyridine rings is 1. The number of carbonyl (C=O) groups excluding carboxylic acids is 1. The Bertz CT molecular complexity index is 1380. The van der Waals surface area contributed by atoms with Crippen LogP contribution >= 0.6 is 0 Å². The summed E-state index contributed by atoms with van der Waals surface area (Å²) in [7, 11) is 1.89. The van der Waals surface area contributed by atoms with Crippen molar-refractivity contribution in [2.24, 2.45) is 12.8 Å². The SMILES string of the molecule is Cn1c(CCc2ccc(C(=N)N)cc2)nc2cc(C(=O)N(CCC(=O)O)c3ccccc3)cnc21. The Morgan fingerprint density at radius 3 is 2.43 bits per heavy atom. The van der Waals surface area contributed by atoms with Gasteiger partial charge in [0.05, 0.1) is 12.0 Å². The molecule has 178 valence electrons. The lowest BCUT2D eigenvalue weighted by atomic mass is 10.1. The number of carbonyl (C=O) groups is 2. The number of aromatic nitrogens is 3. The molecule has 4 rings (SSSR count). The van der Waals surface area contributed by atoms with E-state index >= 15 is 0 Å². The highest BCUT2D eigenvalue weighted by Crippen LogP contribution is 2.21. The second-order valence-electron chi connectivity index (χ2n) is 8.20. The van der Waals surface area contributed by atoms with Gasteiger partial charge in [-0.2, -0.15) is 0 Å². The molecule has 4 N–H and O–H groups in total. The third-order valence-electron chi connectivity index (χ3n) is 5.81. The Hall–Kier alpha value is -4.53. The minimum atomic E-state index is -0.974. The molecule has 0 atom stereocenters. The molecule has 0 saturated carbocycles. The fraction of sp³-hybridized carbons (Fsp3) is 0.192. The highest BCUT2D eigenvalue weighted by molar-refractivity contribution is 6.07. The normalized spacial score (nSPS) is 10.9. The van der Waals surface area contributed by atoms with Crippen molar-refractivity contribution < 1.29 is 14.7 Å². The fourth-order valence-corrected chi connectivity index (χ4v) is 3.89. The molecule has 9 heteroatoms. The molecule has 0 aliphatic rings. The molecule has 0 aliphatic carbocycles. The van der Waals surface area contributed by atoms with Crippen molar-refractivity contribution in [2.45, 2.75) is 19.3 Å². The summed E-state index contributed by atoms with van der Waals surface area (Å²) in [6, 6.07) is 18.2. The number of imidazole rings is 1. The molecule has 1 amide bonds. The van der Waals surface area contributed by atoms with E-state index in [0.717, 1.165) is 17.8 Å². The van der Waals surface area contributed by atoms with Crippen LogP contribution in [0.15, 0.2) is 66.9 Å². The number of carboxylic acids is 1. The van der Waals surface area contributed by atoms with Crippen molar-refractivity contribution in [3.8, 4) is 0 Å². The standard InChI is InChI=1S/C26H26N6O3/c1-31-22(12-9-17-7-10-18(11-8-17)24(27)28)30-21-15-19(16-29-25(21)31)26(35)32(14-13-23(33)34)20-5-3-2-4-6-20/h2-8,10-11,15-16H,9,12-14H2,1H3,(H3,27,28)(H,33,34). The Balaban J connectivity index is 1.56. The predicted octanol–water partition coefficient (Wildman–Crippen LogP) is 3.16. The van der Waals surface area contributed by atoms with E-state index in [1.54, 1.807) is 30.3 Å². The average molecular weight is 471 g/mol. The summed E-state index contributed by atoms with van der Waals surface area (Å²) in [5, 5.41) is 16.6. The van der Waals surface area contributed by atoms with Gasteiger partial charge in [-0.1, -0.05) is 42.5 Å². The number of nitrogens with two attached hydrogens (primary N) is 1. The molecule has 2 aromatic carbocycles. The van der Waals surface area contributed by atoms with Crippen LogP contribution in [0.3, 0.4) is 0 Å². The van der Waals surface area contributed by atoms with Gasteiger partial charge in [0.15, 0.2) is 5.65 Å². The highest BCUT2D eigenvalue weighted by atomic mass is 16.4. The lowest BCUT2D eigenvalue weighted by Gasteiger charge is -2.22. The van der Waals surface area contributed by atoms with Gasteiger partial charge in [-0.15, -0.1) is 0 Å². The van der Waals surface area contributed by atoms with Gasteiger partial charge in [0.1, 0.15) is 17.2 Å². The van der Waals surface area contributed by atoms with Crippen molar-refractivity contribution in [1.29, 1.82) is 5.41 Å². The van der Waals surface area contributed by atoms with E-state index < -0.39 is 5.97 Å². The minimum absolute atomic E-state index is 0.0390. The number of para-hydroxylation sites is 1. The van der Waals surface area contributed by atoms with E-state index in [0.29, 0.717) is 34.4 Å². The van der Waals surface area contributed by atoms with Crippen molar-refractivity contribution >= 4 is 34.6 Å². The summed E-state index contributed by atoms with van der Waals surface area (Å²) in [6.45, 7) is 0.0477. The van der Waals surface area contributed by atoms with E-state index in [-0.39, 0.29) is 24.7 Å². The summed E-state index contributed by atoms with van der Waals surface area (Å²) >= 11 is 0. The smallest absolute Gasteiger partial charge is 0.305 e. The average Bonchev–Trinajstić information content (AvgIpc) is 3.18. The largest absolute Gasteiger partial charge is 0.481 e. The molecule has 0 saturated heterocycles. The maximum atomic E-state index is 13.3. The highest BCUT2D eigenvalue weighted by Gasteiger charge is 2.20. The molecule has 4 aromatic rings. The number of rotatable bonds is 9. The first kappa shape index (κ1) is 23.6. The first-order valence-corrected chi connectivity index (χ1v) is 11.2. The van der Waals surface area contributed by atoms with E-state index in [9.17, 15) is 9.59 Å². The van der Waals surface area contributed by atoms with Crippen LogP contribution in [0.2, 0.25) is 0 Å². The Morgan fingerprint density at radius 2 is 1.77 bits per heavy atom. The quantitative estimate of drug-likeness (QED) is 0.254. The van der Waals surface area contributed by atoms with Crippen molar-refractivity contribution in [3.63, 3.8) is 0 Å². The molecule has 0 radical (unpaired) electrons. The predicted molar refractivity (Wildman–Crippen MR) is 134 cm³/mol. The zero-order valence-electron chi connectivity index (χ0n) is 19.3. The van der Waals surface area contributed by atoms with E-state index in [4.69, 9.17) is 21.2 Å². The van der Waals surface area contributed by atoms with Gasteiger partial charge in [0.2, 0.25) is 0 Å². The number of hydrogen-bond acceptors (Lipinski definition) is 5. The molecule has 2 heterocycles. The van der Waals surface area contributed by atoms with Crippen LogP contribution in [0.1, 0.15) is 33.7 Å². The Morgan fingerprint density at radius 1 is 1.06 bits per heavy atom. The van der Waals surface area contributed by atoms with Crippen molar-refractivity contribution in [3.05, 3.63) is 89.4 Å². The van der Waals surface area contributed by atoms with E-state index in [2.05, 4.69) is 4.98 Å². The van der Waals surface area contributed by atoms with Crippen LogP contribution in [0.25, 0.3) is 11.2 Å².